The molecule has 2 aromatic carbocycles. The average molecular weight is 441 g/mol. The van der Waals surface area contributed by atoms with Crippen molar-refractivity contribution in [3.63, 3.8) is 0 Å². The smallest absolute Gasteiger partial charge is 0.366 e. The Hall–Kier alpha value is -3.34. The maximum atomic E-state index is 14.0. The van der Waals surface area contributed by atoms with Crippen LogP contribution in [0, 0.1) is 18.6 Å². The zero-order chi connectivity index (χ0) is 22.2. The molecule has 0 aliphatic heterocycles. The number of nitrogens with two attached hydrogens (primary N) is 1. The van der Waals surface area contributed by atoms with Crippen LogP contribution in [0.4, 0.5) is 27.6 Å². The number of anilines is 1. The van der Waals surface area contributed by atoms with E-state index in [9.17, 15) is 31.5 Å². The number of aromatic nitrogens is 1. The molecule has 3 N–H and O–H groups in total. The van der Waals surface area contributed by atoms with E-state index in [4.69, 9.17) is 5.73 Å². The van der Waals surface area contributed by atoms with Crippen LogP contribution in [0.3, 0.4) is 0 Å². The first-order valence-electron chi connectivity index (χ1n) is 8.22. The summed E-state index contributed by atoms with van der Waals surface area (Å²) in [6.07, 6.45) is -4.48. The van der Waals surface area contributed by atoms with E-state index in [0.717, 1.165) is 29.5 Å². The van der Waals surface area contributed by atoms with E-state index in [1.165, 1.54) is 19.1 Å². The van der Waals surface area contributed by atoms with Crippen molar-refractivity contribution < 1.29 is 31.5 Å². The molecule has 3 aromatic rings. The van der Waals surface area contributed by atoms with Gasteiger partial charge in [-0.05, 0) is 25.1 Å². The second kappa shape index (κ2) is 7.82. The Morgan fingerprint density at radius 3 is 2.27 bits per heavy atom. The van der Waals surface area contributed by atoms with Crippen molar-refractivity contribution in [3.8, 4) is 10.6 Å². The van der Waals surface area contributed by atoms with E-state index in [2.05, 4.69) is 10.3 Å². The van der Waals surface area contributed by atoms with Gasteiger partial charge in [0.05, 0.1) is 22.5 Å². The third-order valence-corrected chi connectivity index (χ3v) is 5.24. The molecular weight excluding hydrogens is 429 g/mol. The molecule has 5 nitrogen and oxygen atoms in total. The minimum Gasteiger partial charge on any atom is -0.366 e. The molecule has 0 bridgehead atoms. The minimum atomic E-state index is -4.48. The number of thiazole rings is 1. The van der Waals surface area contributed by atoms with Crippen LogP contribution in [0.25, 0.3) is 10.6 Å². The second-order valence-corrected chi connectivity index (χ2v) is 7.14. The number of carbonyl (C=O) groups is 2. The van der Waals surface area contributed by atoms with Crippen LogP contribution < -0.4 is 11.1 Å². The van der Waals surface area contributed by atoms with Crippen LogP contribution >= 0.6 is 11.3 Å². The summed E-state index contributed by atoms with van der Waals surface area (Å²) < 4.78 is 65.6. The fourth-order valence-electron chi connectivity index (χ4n) is 2.55. The highest BCUT2D eigenvalue weighted by molar-refractivity contribution is 7.17. The number of alkyl halides is 3. The number of nitrogens with zero attached hydrogens (tertiary/aromatic N) is 1. The minimum absolute atomic E-state index is 0.0641. The Kier molecular flexibility index (Phi) is 5.57. The molecule has 0 aliphatic rings. The number of hydrogen-bond acceptors (Lipinski definition) is 4. The molecule has 0 fully saturated rings. The summed E-state index contributed by atoms with van der Waals surface area (Å²) in [4.78, 5) is 28.0. The lowest BCUT2D eigenvalue weighted by Gasteiger charge is -2.08. The van der Waals surface area contributed by atoms with Crippen LogP contribution in [0.2, 0.25) is 0 Å². The standard InChI is InChI=1S/C19H12F5N3O2S/c1-8-15(17(29)27-14-6-11(16(25)28)12(20)7-13(14)21)30-18(26-8)9-2-4-10(5-3-9)19(22,23)24/h2-7H,1H3,(H2,25,28)(H,27,29). The first-order valence-corrected chi connectivity index (χ1v) is 9.04. The quantitative estimate of drug-likeness (QED) is 0.572. The van der Waals surface area contributed by atoms with Gasteiger partial charge in [0.1, 0.15) is 21.5 Å². The molecule has 11 heteroatoms. The van der Waals surface area contributed by atoms with Crippen LogP contribution in [0.5, 0.6) is 0 Å². The Morgan fingerprint density at radius 2 is 1.70 bits per heavy atom. The molecule has 0 aliphatic carbocycles. The van der Waals surface area contributed by atoms with Crippen molar-refractivity contribution in [2.24, 2.45) is 5.73 Å². The Balaban J connectivity index is 1.88. The third-order valence-electron chi connectivity index (χ3n) is 4.03. The van der Waals surface area contributed by atoms with Gasteiger partial charge in [-0.2, -0.15) is 13.2 Å². The van der Waals surface area contributed by atoms with Gasteiger partial charge >= 0.3 is 6.18 Å². The SMILES string of the molecule is Cc1nc(-c2ccc(C(F)(F)F)cc2)sc1C(=O)Nc1cc(C(N)=O)c(F)cc1F. The predicted octanol–water partition coefficient (Wildman–Crippen LogP) is 4.77. The Morgan fingerprint density at radius 1 is 1.07 bits per heavy atom. The van der Waals surface area contributed by atoms with E-state index >= 15 is 0 Å². The molecule has 0 atom stereocenters. The van der Waals surface area contributed by atoms with E-state index in [0.29, 0.717) is 11.6 Å². The summed E-state index contributed by atoms with van der Waals surface area (Å²) in [5, 5.41) is 2.50. The Labute approximate surface area is 170 Å². The summed E-state index contributed by atoms with van der Waals surface area (Å²) >= 11 is 0.880. The normalized spacial score (nSPS) is 11.4. The van der Waals surface area contributed by atoms with E-state index < -0.39 is 46.4 Å². The number of amides is 2. The van der Waals surface area contributed by atoms with Crippen LogP contribution in [0.1, 0.15) is 31.3 Å². The van der Waals surface area contributed by atoms with Crippen molar-refractivity contribution in [2.75, 3.05) is 5.32 Å². The summed E-state index contributed by atoms with van der Waals surface area (Å²) in [6.45, 7) is 1.49. The zero-order valence-corrected chi connectivity index (χ0v) is 15.9. The molecule has 0 saturated carbocycles. The van der Waals surface area contributed by atoms with Gasteiger partial charge in [-0.3, -0.25) is 9.59 Å². The largest absolute Gasteiger partial charge is 0.416 e. The van der Waals surface area contributed by atoms with E-state index in [1.807, 2.05) is 0 Å². The average Bonchev–Trinajstić information content (AvgIpc) is 3.05. The molecule has 1 heterocycles. The molecule has 1 aromatic heterocycles. The molecule has 2 amide bonds. The fraction of sp³-hybridized carbons (Fsp3) is 0.105. The maximum absolute atomic E-state index is 14.0. The lowest BCUT2D eigenvalue weighted by atomic mass is 10.1. The first kappa shape index (κ1) is 21.4. The van der Waals surface area contributed by atoms with Crippen molar-refractivity contribution in [1.82, 2.24) is 4.98 Å². The van der Waals surface area contributed by atoms with Crippen LogP contribution in [0.15, 0.2) is 36.4 Å². The van der Waals surface area contributed by atoms with Crippen LogP contribution in [-0.2, 0) is 6.18 Å². The van der Waals surface area contributed by atoms with Crippen LogP contribution in [-0.4, -0.2) is 16.8 Å². The molecule has 0 saturated heterocycles. The molecule has 0 spiro atoms. The number of nitrogens with one attached hydrogen (secondary N) is 1. The summed E-state index contributed by atoms with van der Waals surface area (Å²) in [5.41, 5.74) is 3.74. The lowest BCUT2D eigenvalue weighted by Crippen LogP contribution is -2.17. The van der Waals surface area contributed by atoms with Gasteiger partial charge in [-0.25, -0.2) is 13.8 Å². The summed E-state index contributed by atoms with van der Waals surface area (Å²) in [6, 6.07) is 5.43. The molecule has 3 rings (SSSR count). The molecule has 30 heavy (non-hydrogen) atoms. The number of carbonyl (C=O) groups excluding carboxylic acids is 2. The monoisotopic (exact) mass is 441 g/mol. The Bertz CT molecular complexity index is 1140. The number of hydrogen-bond donors (Lipinski definition) is 2. The molecule has 0 unspecified atom stereocenters. The highest BCUT2D eigenvalue weighted by atomic mass is 32.1. The van der Waals surface area contributed by atoms with Gasteiger partial charge in [0.15, 0.2) is 0 Å². The highest BCUT2D eigenvalue weighted by Crippen LogP contribution is 2.33. The van der Waals surface area contributed by atoms with Gasteiger partial charge in [-0.15, -0.1) is 11.3 Å². The first-order chi connectivity index (χ1) is 14.0. The van der Waals surface area contributed by atoms with Gasteiger partial charge in [0.25, 0.3) is 11.8 Å². The molecule has 0 radical (unpaired) electrons. The van der Waals surface area contributed by atoms with Gasteiger partial charge < -0.3 is 11.1 Å². The van der Waals surface area contributed by atoms with E-state index in [-0.39, 0.29) is 15.6 Å². The number of aryl methyl sites for hydroxylation is 1. The highest BCUT2D eigenvalue weighted by Gasteiger charge is 2.30. The third kappa shape index (κ3) is 4.30. The summed E-state index contributed by atoms with van der Waals surface area (Å²) in [7, 11) is 0. The lowest BCUT2D eigenvalue weighted by molar-refractivity contribution is -0.137. The zero-order valence-electron chi connectivity index (χ0n) is 15.1. The maximum Gasteiger partial charge on any atom is 0.416 e. The van der Waals surface area contributed by atoms with Crippen molar-refractivity contribution >= 4 is 28.8 Å². The van der Waals surface area contributed by atoms with Crippen molar-refractivity contribution in [1.29, 1.82) is 0 Å². The molecular formula is C19H12F5N3O2S. The van der Waals surface area contributed by atoms with Crippen molar-refractivity contribution in [3.05, 3.63) is 69.7 Å². The topological polar surface area (TPSA) is 85.1 Å². The second-order valence-electron chi connectivity index (χ2n) is 6.14. The van der Waals surface area contributed by atoms with Crippen molar-refractivity contribution in [2.45, 2.75) is 13.1 Å². The molecule has 156 valence electrons. The predicted molar refractivity (Wildman–Crippen MR) is 100 cm³/mol. The van der Waals surface area contributed by atoms with Gasteiger partial charge in [0, 0.05) is 11.6 Å². The number of primary amides is 1. The summed E-state index contributed by atoms with van der Waals surface area (Å²) in [5.74, 6) is -4.21. The number of halogens is 5. The van der Waals surface area contributed by atoms with Gasteiger partial charge in [-0.1, -0.05) is 12.1 Å². The number of rotatable bonds is 4. The van der Waals surface area contributed by atoms with E-state index in [1.54, 1.807) is 0 Å². The fourth-order valence-corrected chi connectivity index (χ4v) is 3.51. The number of benzene rings is 2. The van der Waals surface area contributed by atoms with Gasteiger partial charge in [0.2, 0.25) is 0 Å².